The van der Waals surface area contributed by atoms with Crippen molar-refractivity contribution < 1.29 is 9.90 Å². The molecule has 4 nitrogen and oxygen atoms in total. The van der Waals surface area contributed by atoms with Gasteiger partial charge in [-0.05, 0) is 42.8 Å². The summed E-state index contributed by atoms with van der Waals surface area (Å²) in [6, 6.07) is 16.1. The van der Waals surface area contributed by atoms with Crippen LogP contribution < -0.4 is 4.90 Å². The van der Waals surface area contributed by atoms with Crippen LogP contribution in [-0.2, 0) is 4.79 Å². The first kappa shape index (κ1) is 13.1. The van der Waals surface area contributed by atoms with Gasteiger partial charge in [-0.1, -0.05) is 30.3 Å². The molecule has 2 aromatic rings. The van der Waals surface area contributed by atoms with Crippen LogP contribution >= 0.6 is 0 Å². The van der Waals surface area contributed by atoms with Crippen LogP contribution in [0.4, 0.5) is 5.69 Å². The fourth-order valence-corrected chi connectivity index (χ4v) is 2.24. The summed E-state index contributed by atoms with van der Waals surface area (Å²) in [5.74, 6) is 0.698. The highest BCUT2D eigenvalue weighted by Gasteiger charge is 2.28. The smallest absolute Gasteiger partial charge is 0.282 e. The molecule has 0 aromatic heterocycles. The van der Waals surface area contributed by atoms with E-state index in [-0.39, 0.29) is 11.7 Å². The number of rotatable bonds is 2. The molecule has 1 amide bonds. The first-order chi connectivity index (χ1) is 10.1. The van der Waals surface area contributed by atoms with Gasteiger partial charge in [0, 0.05) is 0 Å². The summed E-state index contributed by atoms with van der Waals surface area (Å²) >= 11 is 0. The fourth-order valence-electron chi connectivity index (χ4n) is 2.24. The second-order valence-electron chi connectivity index (χ2n) is 4.76. The number of hydrogen-bond donors (Lipinski definition) is 1. The second-order valence-corrected chi connectivity index (χ2v) is 4.76. The molecule has 1 aliphatic rings. The molecule has 1 N–H and O–H groups in total. The lowest BCUT2D eigenvalue weighted by atomic mass is 10.2. The summed E-state index contributed by atoms with van der Waals surface area (Å²) in [5, 5.41) is 9.28. The van der Waals surface area contributed by atoms with E-state index in [0.29, 0.717) is 11.5 Å². The molecule has 0 aliphatic carbocycles. The summed E-state index contributed by atoms with van der Waals surface area (Å²) in [6.45, 7) is 1.81. The standard InChI is InChI=1S/C17H14N2O2/c1-12-18-16(11-13-7-9-15(20)10-8-13)17(21)19(12)14-5-3-2-4-6-14/h2-11,20H,1H3/b16-11-. The molecule has 1 aliphatic heterocycles. The second kappa shape index (κ2) is 5.25. The molecule has 3 rings (SSSR count). The first-order valence-corrected chi connectivity index (χ1v) is 6.61. The molecule has 2 aromatic carbocycles. The van der Waals surface area contributed by atoms with E-state index in [1.54, 1.807) is 35.2 Å². The van der Waals surface area contributed by atoms with Gasteiger partial charge >= 0.3 is 0 Å². The number of phenols is 1. The van der Waals surface area contributed by atoms with Crippen LogP contribution in [0.3, 0.4) is 0 Å². The molecular weight excluding hydrogens is 264 g/mol. The number of aromatic hydroxyl groups is 1. The molecule has 0 unspecified atom stereocenters. The number of amides is 1. The Morgan fingerprint density at radius 1 is 1.05 bits per heavy atom. The number of amidine groups is 1. The lowest BCUT2D eigenvalue weighted by Gasteiger charge is -2.15. The van der Waals surface area contributed by atoms with Crippen molar-refractivity contribution in [1.29, 1.82) is 0 Å². The highest BCUT2D eigenvalue weighted by Crippen LogP contribution is 2.24. The van der Waals surface area contributed by atoms with Crippen molar-refractivity contribution >= 4 is 23.5 Å². The molecular formula is C17H14N2O2. The average Bonchev–Trinajstić information content (AvgIpc) is 2.77. The van der Waals surface area contributed by atoms with Crippen LogP contribution in [0.25, 0.3) is 6.08 Å². The Morgan fingerprint density at radius 2 is 1.71 bits per heavy atom. The van der Waals surface area contributed by atoms with E-state index < -0.39 is 0 Å². The topological polar surface area (TPSA) is 52.9 Å². The number of benzene rings is 2. The lowest BCUT2D eigenvalue weighted by Crippen LogP contribution is -2.29. The monoisotopic (exact) mass is 278 g/mol. The van der Waals surface area contributed by atoms with E-state index in [4.69, 9.17) is 0 Å². The van der Waals surface area contributed by atoms with Crippen molar-refractivity contribution in [3.63, 3.8) is 0 Å². The number of aliphatic imine (C=N–C) groups is 1. The van der Waals surface area contributed by atoms with Crippen molar-refractivity contribution in [2.75, 3.05) is 4.90 Å². The molecule has 1 heterocycles. The third-order valence-electron chi connectivity index (χ3n) is 3.24. The number of carbonyl (C=O) groups excluding carboxylic acids is 1. The molecule has 0 saturated heterocycles. The predicted molar refractivity (Wildman–Crippen MR) is 83.1 cm³/mol. The molecule has 0 bridgehead atoms. The normalized spacial score (nSPS) is 16.4. The van der Waals surface area contributed by atoms with Crippen LogP contribution in [0.15, 0.2) is 65.3 Å². The van der Waals surface area contributed by atoms with Crippen LogP contribution in [0.2, 0.25) is 0 Å². The van der Waals surface area contributed by atoms with Crippen LogP contribution in [-0.4, -0.2) is 16.8 Å². The van der Waals surface area contributed by atoms with E-state index in [0.717, 1.165) is 11.3 Å². The zero-order valence-electron chi connectivity index (χ0n) is 11.5. The summed E-state index contributed by atoms with van der Waals surface area (Å²) in [5.41, 5.74) is 2.02. The molecule has 4 heteroatoms. The zero-order valence-corrected chi connectivity index (χ0v) is 11.5. The molecule has 21 heavy (non-hydrogen) atoms. The number of anilines is 1. The fraction of sp³-hybridized carbons (Fsp3) is 0.0588. The number of hydrogen-bond acceptors (Lipinski definition) is 3. The number of nitrogens with zero attached hydrogens (tertiary/aromatic N) is 2. The van der Waals surface area contributed by atoms with Gasteiger partial charge in [0.25, 0.3) is 5.91 Å². The van der Waals surface area contributed by atoms with E-state index in [1.807, 2.05) is 37.3 Å². The summed E-state index contributed by atoms with van der Waals surface area (Å²) in [7, 11) is 0. The summed E-state index contributed by atoms with van der Waals surface area (Å²) in [4.78, 5) is 18.4. The lowest BCUT2D eigenvalue weighted by molar-refractivity contribution is -0.113. The number of para-hydroxylation sites is 1. The number of phenolic OH excluding ortho intramolecular Hbond substituents is 1. The molecule has 0 saturated carbocycles. The van der Waals surface area contributed by atoms with Gasteiger partial charge in [-0.2, -0.15) is 0 Å². The van der Waals surface area contributed by atoms with Crippen LogP contribution in [0.5, 0.6) is 5.75 Å². The van der Waals surface area contributed by atoms with Gasteiger partial charge in [0.15, 0.2) is 0 Å². The Hall–Kier alpha value is -2.88. The zero-order chi connectivity index (χ0) is 14.8. The van der Waals surface area contributed by atoms with E-state index in [1.165, 1.54) is 0 Å². The van der Waals surface area contributed by atoms with Crippen molar-refractivity contribution in [2.45, 2.75) is 6.92 Å². The minimum absolute atomic E-state index is 0.147. The van der Waals surface area contributed by atoms with E-state index >= 15 is 0 Å². The van der Waals surface area contributed by atoms with Gasteiger partial charge in [0.2, 0.25) is 0 Å². The molecule has 104 valence electrons. The third-order valence-corrected chi connectivity index (χ3v) is 3.24. The Balaban J connectivity index is 1.93. The van der Waals surface area contributed by atoms with Gasteiger partial charge in [0.05, 0.1) is 5.69 Å². The van der Waals surface area contributed by atoms with Crippen molar-refractivity contribution in [2.24, 2.45) is 4.99 Å². The predicted octanol–water partition coefficient (Wildman–Crippen LogP) is 3.20. The highest BCUT2D eigenvalue weighted by molar-refractivity contribution is 6.28. The Bertz CT molecular complexity index is 731. The maximum Gasteiger partial charge on any atom is 0.282 e. The van der Waals surface area contributed by atoms with Crippen molar-refractivity contribution in [3.8, 4) is 5.75 Å². The molecule has 0 atom stereocenters. The minimum Gasteiger partial charge on any atom is -0.508 e. The maximum atomic E-state index is 12.5. The first-order valence-electron chi connectivity index (χ1n) is 6.61. The Labute approximate surface area is 122 Å². The molecule has 0 spiro atoms. The molecule has 0 fully saturated rings. The quantitative estimate of drug-likeness (QED) is 0.858. The summed E-state index contributed by atoms with van der Waals surface area (Å²) in [6.07, 6.45) is 1.72. The van der Waals surface area contributed by atoms with Crippen LogP contribution in [0, 0.1) is 0 Å². The average molecular weight is 278 g/mol. The van der Waals surface area contributed by atoms with Gasteiger partial charge in [-0.15, -0.1) is 0 Å². The van der Waals surface area contributed by atoms with Crippen LogP contribution in [0.1, 0.15) is 12.5 Å². The van der Waals surface area contributed by atoms with E-state index in [9.17, 15) is 9.90 Å². The van der Waals surface area contributed by atoms with Gasteiger partial charge < -0.3 is 5.11 Å². The minimum atomic E-state index is -0.147. The summed E-state index contributed by atoms with van der Waals surface area (Å²) < 4.78 is 0. The van der Waals surface area contributed by atoms with Gasteiger partial charge in [-0.3, -0.25) is 9.69 Å². The highest BCUT2D eigenvalue weighted by atomic mass is 16.3. The largest absolute Gasteiger partial charge is 0.508 e. The Kier molecular flexibility index (Phi) is 3.28. The Morgan fingerprint density at radius 3 is 2.38 bits per heavy atom. The maximum absolute atomic E-state index is 12.5. The van der Waals surface area contributed by atoms with E-state index in [2.05, 4.69) is 4.99 Å². The third kappa shape index (κ3) is 2.56. The SMILES string of the molecule is CC1=N/C(=C\c2ccc(O)cc2)C(=O)N1c1ccccc1. The van der Waals surface area contributed by atoms with Gasteiger partial charge in [-0.25, -0.2) is 4.99 Å². The van der Waals surface area contributed by atoms with Crippen molar-refractivity contribution in [1.82, 2.24) is 0 Å². The van der Waals surface area contributed by atoms with Crippen molar-refractivity contribution in [3.05, 3.63) is 65.9 Å². The number of carbonyl (C=O) groups is 1. The molecule has 0 radical (unpaired) electrons. The van der Waals surface area contributed by atoms with Gasteiger partial charge in [0.1, 0.15) is 17.3 Å².